The number of para-hydroxylation sites is 2. The maximum atomic E-state index is 15.1. The minimum atomic E-state index is -0.494. The van der Waals surface area contributed by atoms with Crippen LogP contribution in [0.1, 0.15) is 26.3 Å². The van der Waals surface area contributed by atoms with Crippen LogP contribution in [0.4, 0.5) is 61.3 Å². The first-order valence-electron chi connectivity index (χ1n) is 17.2. The molecule has 0 aliphatic carbocycles. The van der Waals surface area contributed by atoms with Crippen LogP contribution >= 0.6 is 0 Å². The molecule has 0 heterocycles. The fourth-order valence-electron chi connectivity index (χ4n) is 5.39. The molecule has 0 saturated carbocycles. The van der Waals surface area contributed by atoms with Gasteiger partial charge in [0.05, 0.1) is 45.5 Å². The summed E-state index contributed by atoms with van der Waals surface area (Å²) in [5.74, 6) is -1.18. The largest absolute Gasteiger partial charge is 0.397 e. The van der Waals surface area contributed by atoms with E-state index in [1.807, 2.05) is 67.3 Å². The number of nitrogens with two attached hydrogens (primary N) is 2. The van der Waals surface area contributed by atoms with Gasteiger partial charge in [-0.2, -0.15) is 20.5 Å². The summed E-state index contributed by atoms with van der Waals surface area (Å²) in [7, 11) is 5.76. The standard InChI is InChI=1S/C42H39FN10O2/c1-52(2)34-20-16-32(17-21-34)50-48-31-14-10-28(11-15-31)42(55)47-40-24-29(36(43)25-38(40)45)26-53(3)35-22-18-33(19-23-35)51-49-30-12-8-27(9-13-30)41(54)46-39-7-5-4-6-37(39)44/h4-25H,26,44-45H2,1-3H3,(H,46,54)(H,47,55). The molecule has 6 N–H and O–H groups in total. The second-order valence-electron chi connectivity index (χ2n) is 12.8. The van der Waals surface area contributed by atoms with Crippen molar-refractivity contribution in [2.75, 3.05) is 53.0 Å². The molecule has 2 amide bonds. The summed E-state index contributed by atoms with van der Waals surface area (Å²) in [6, 6.07) is 38.1. The minimum Gasteiger partial charge on any atom is -0.397 e. The van der Waals surface area contributed by atoms with E-state index in [1.54, 1.807) is 84.9 Å². The Balaban J connectivity index is 1.04. The number of carbonyl (C=O) groups is 2. The average molecular weight is 735 g/mol. The number of anilines is 6. The summed E-state index contributed by atoms with van der Waals surface area (Å²) in [5.41, 5.74) is 18.9. The van der Waals surface area contributed by atoms with Gasteiger partial charge < -0.3 is 31.9 Å². The summed E-state index contributed by atoms with van der Waals surface area (Å²) in [6.07, 6.45) is 0. The summed E-state index contributed by atoms with van der Waals surface area (Å²) < 4.78 is 15.1. The molecule has 0 radical (unpaired) electrons. The van der Waals surface area contributed by atoms with Crippen molar-refractivity contribution >= 4 is 68.7 Å². The lowest BCUT2D eigenvalue weighted by Gasteiger charge is -2.21. The maximum Gasteiger partial charge on any atom is 0.255 e. The molecule has 0 saturated heterocycles. The predicted molar refractivity (Wildman–Crippen MR) is 218 cm³/mol. The number of hydrogen-bond donors (Lipinski definition) is 4. The number of azo groups is 2. The number of rotatable bonds is 12. The van der Waals surface area contributed by atoms with Gasteiger partial charge in [0.15, 0.2) is 0 Å². The number of nitrogen functional groups attached to an aromatic ring is 2. The van der Waals surface area contributed by atoms with Crippen LogP contribution in [0.25, 0.3) is 0 Å². The quantitative estimate of drug-likeness (QED) is 0.0721. The van der Waals surface area contributed by atoms with Crippen LogP contribution in [0, 0.1) is 5.82 Å². The number of benzene rings is 6. The third-order valence-electron chi connectivity index (χ3n) is 8.56. The van der Waals surface area contributed by atoms with E-state index in [0.717, 1.165) is 11.4 Å². The molecule has 12 nitrogen and oxygen atoms in total. The molecule has 0 spiro atoms. The Morgan fingerprint density at radius 3 is 1.47 bits per heavy atom. The number of nitrogens with zero attached hydrogens (tertiary/aromatic N) is 6. The van der Waals surface area contributed by atoms with E-state index in [4.69, 9.17) is 11.5 Å². The van der Waals surface area contributed by atoms with Gasteiger partial charge in [0, 0.05) is 55.8 Å². The van der Waals surface area contributed by atoms with E-state index in [1.165, 1.54) is 12.1 Å². The Bertz CT molecular complexity index is 2340. The summed E-state index contributed by atoms with van der Waals surface area (Å²) in [4.78, 5) is 29.6. The molecule has 6 aromatic carbocycles. The number of hydrogen-bond acceptors (Lipinski definition) is 10. The van der Waals surface area contributed by atoms with E-state index >= 15 is 4.39 Å². The van der Waals surface area contributed by atoms with Crippen LogP contribution in [0.5, 0.6) is 0 Å². The van der Waals surface area contributed by atoms with E-state index in [9.17, 15) is 9.59 Å². The van der Waals surface area contributed by atoms with Crippen LogP contribution in [0.15, 0.2) is 154 Å². The predicted octanol–water partition coefficient (Wildman–Crippen LogP) is 10.0. The molecular weight excluding hydrogens is 696 g/mol. The SMILES string of the molecule is CN(C)c1ccc(N=Nc2ccc(C(=O)Nc3cc(CN(C)c4ccc(N=Nc5ccc(C(=O)Nc6ccccc6N)cc5)cc4)c(F)cc3N)cc2)cc1. The molecule has 55 heavy (non-hydrogen) atoms. The van der Waals surface area contributed by atoms with E-state index in [0.29, 0.717) is 56.5 Å². The van der Waals surface area contributed by atoms with Crippen molar-refractivity contribution in [3.63, 3.8) is 0 Å². The molecule has 0 aliphatic heterocycles. The Kier molecular flexibility index (Phi) is 11.5. The van der Waals surface area contributed by atoms with Gasteiger partial charge in [0.25, 0.3) is 11.8 Å². The van der Waals surface area contributed by atoms with Crippen molar-refractivity contribution in [1.82, 2.24) is 0 Å². The second-order valence-corrected chi connectivity index (χ2v) is 12.8. The van der Waals surface area contributed by atoms with Crippen molar-refractivity contribution in [3.05, 3.63) is 156 Å². The van der Waals surface area contributed by atoms with Crippen molar-refractivity contribution in [1.29, 1.82) is 0 Å². The summed E-state index contributed by atoms with van der Waals surface area (Å²) >= 11 is 0. The molecule has 0 fully saturated rings. The first-order valence-corrected chi connectivity index (χ1v) is 17.2. The highest BCUT2D eigenvalue weighted by atomic mass is 19.1. The number of carbonyl (C=O) groups excluding carboxylic acids is 2. The van der Waals surface area contributed by atoms with Crippen molar-refractivity contribution in [3.8, 4) is 0 Å². The third-order valence-corrected chi connectivity index (χ3v) is 8.56. The van der Waals surface area contributed by atoms with Crippen LogP contribution in [-0.2, 0) is 6.54 Å². The summed E-state index contributed by atoms with van der Waals surface area (Å²) in [6.45, 7) is 0.199. The van der Waals surface area contributed by atoms with Gasteiger partial charge >= 0.3 is 0 Å². The van der Waals surface area contributed by atoms with Crippen molar-refractivity contribution in [2.45, 2.75) is 6.54 Å². The van der Waals surface area contributed by atoms with Gasteiger partial charge in [-0.1, -0.05) is 12.1 Å². The molecule has 276 valence electrons. The van der Waals surface area contributed by atoms with Gasteiger partial charge in [-0.15, -0.1) is 0 Å². The second kappa shape index (κ2) is 16.9. The normalized spacial score (nSPS) is 11.1. The Morgan fingerprint density at radius 2 is 1.00 bits per heavy atom. The van der Waals surface area contributed by atoms with Crippen LogP contribution < -0.4 is 31.9 Å². The molecule has 0 unspecified atom stereocenters. The highest BCUT2D eigenvalue weighted by Crippen LogP contribution is 2.28. The zero-order chi connectivity index (χ0) is 38.9. The molecule has 13 heteroatoms. The first kappa shape index (κ1) is 37.4. The lowest BCUT2D eigenvalue weighted by Crippen LogP contribution is -2.18. The zero-order valence-corrected chi connectivity index (χ0v) is 30.4. The van der Waals surface area contributed by atoms with Gasteiger partial charge in [-0.25, -0.2) is 4.39 Å². The van der Waals surface area contributed by atoms with E-state index in [-0.39, 0.29) is 18.1 Å². The monoisotopic (exact) mass is 734 g/mol. The van der Waals surface area contributed by atoms with E-state index < -0.39 is 11.7 Å². The van der Waals surface area contributed by atoms with Crippen LogP contribution in [0.2, 0.25) is 0 Å². The first-order chi connectivity index (χ1) is 26.5. The highest BCUT2D eigenvalue weighted by Gasteiger charge is 2.15. The van der Waals surface area contributed by atoms with Gasteiger partial charge in [-0.05, 0) is 121 Å². The lowest BCUT2D eigenvalue weighted by atomic mass is 10.1. The lowest BCUT2D eigenvalue weighted by molar-refractivity contribution is 0.101. The van der Waals surface area contributed by atoms with Gasteiger partial charge in [-0.3, -0.25) is 9.59 Å². The molecule has 0 aromatic heterocycles. The van der Waals surface area contributed by atoms with Crippen LogP contribution in [0.3, 0.4) is 0 Å². The highest BCUT2D eigenvalue weighted by molar-refractivity contribution is 6.06. The van der Waals surface area contributed by atoms with Crippen LogP contribution in [-0.4, -0.2) is 33.0 Å². The molecule has 0 aliphatic rings. The van der Waals surface area contributed by atoms with Crippen molar-refractivity contribution < 1.29 is 14.0 Å². The smallest absolute Gasteiger partial charge is 0.255 e. The molecule has 6 rings (SSSR count). The zero-order valence-electron chi connectivity index (χ0n) is 30.4. The average Bonchev–Trinajstić information content (AvgIpc) is 3.19. The van der Waals surface area contributed by atoms with Gasteiger partial charge in [0.2, 0.25) is 0 Å². The molecule has 6 aromatic rings. The maximum absolute atomic E-state index is 15.1. The van der Waals surface area contributed by atoms with Gasteiger partial charge in [0.1, 0.15) is 5.82 Å². The Labute approximate surface area is 318 Å². The minimum absolute atomic E-state index is 0.105. The fourth-order valence-corrected chi connectivity index (χ4v) is 5.39. The van der Waals surface area contributed by atoms with Crippen molar-refractivity contribution in [2.24, 2.45) is 20.5 Å². The Hall–Kier alpha value is -7.41. The summed E-state index contributed by atoms with van der Waals surface area (Å²) in [5, 5.41) is 22.7. The Morgan fingerprint density at radius 1 is 0.564 bits per heavy atom. The topological polar surface area (TPSA) is 166 Å². The van der Waals surface area contributed by atoms with E-state index in [2.05, 4.69) is 31.1 Å². The number of nitrogens with one attached hydrogen (secondary N) is 2. The molecule has 0 atom stereocenters. The number of halogens is 1. The fraction of sp³-hybridized carbons (Fsp3) is 0.0952. The third kappa shape index (κ3) is 9.73. The molecular formula is C42H39FN10O2. The number of amides is 2. The molecule has 0 bridgehead atoms.